The highest BCUT2D eigenvalue weighted by Gasteiger charge is 2.32. The van der Waals surface area contributed by atoms with Gasteiger partial charge < -0.3 is 10.1 Å². The molecule has 3 rings (SSSR count). The van der Waals surface area contributed by atoms with E-state index in [1.165, 1.54) is 10.4 Å². The minimum atomic E-state index is -3.16. The van der Waals surface area contributed by atoms with Gasteiger partial charge in [-0.3, -0.25) is 9.69 Å². The molecular formula is C20H30FN3O4S. The molecule has 0 spiro atoms. The molecule has 9 heteroatoms. The van der Waals surface area contributed by atoms with Crippen LogP contribution in [0.4, 0.5) is 4.39 Å². The van der Waals surface area contributed by atoms with E-state index in [2.05, 4.69) is 5.32 Å². The molecule has 7 nitrogen and oxygen atoms in total. The Morgan fingerprint density at radius 1 is 1.21 bits per heavy atom. The van der Waals surface area contributed by atoms with Crippen molar-refractivity contribution in [2.24, 2.45) is 5.92 Å². The quantitative estimate of drug-likeness (QED) is 0.711. The summed E-state index contributed by atoms with van der Waals surface area (Å²) in [7, 11) is -3.16. The standard InChI is InChI=1S/C20H30FN3O4S/c1-2-29(26,27)24-9-7-16(8-10-24)15-22-20(25)19(23-11-13-28-14-12-23)17-5-3-4-6-18(17)21/h3-6,16,19H,2,7-15H2,1H3,(H,22,25). The van der Waals surface area contributed by atoms with Gasteiger partial charge >= 0.3 is 0 Å². The highest BCUT2D eigenvalue weighted by molar-refractivity contribution is 7.89. The van der Waals surface area contributed by atoms with Crippen molar-refractivity contribution >= 4 is 15.9 Å². The number of ether oxygens (including phenoxy) is 1. The molecule has 2 saturated heterocycles. The van der Waals surface area contributed by atoms with Gasteiger partial charge in [0, 0.05) is 38.3 Å². The Morgan fingerprint density at radius 3 is 2.48 bits per heavy atom. The molecule has 0 radical (unpaired) electrons. The first kappa shape index (κ1) is 22.1. The van der Waals surface area contributed by atoms with Gasteiger partial charge in [-0.2, -0.15) is 0 Å². The zero-order chi connectivity index (χ0) is 20.9. The summed E-state index contributed by atoms with van der Waals surface area (Å²) in [6.45, 7) is 5.25. The lowest BCUT2D eigenvalue weighted by molar-refractivity contribution is -0.128. The largest absolute Gasteiger partial charge is 0.379 e. The van der Waals surface area contributed by atoms with E-state index in [9.17, 15) is 17.6 Å². The van der Waals surface area contributed by atoms with E-state index in [1.54, 1.807) is 25.1 Å². The van der Waals surface area contributed by atoms with Gasteiger partial charge in [0.2, 0.25) is 15.9 Å². The summed E-state index contributed by atoms with van der Waals surface area (Å²) in [5.74, 6) is -0.288. The van der Waals surface area contributed by atoms with Gasteiger partial charge in [-0.1, -0.05) is 18.2 Å². The Labute approximate surface area is 172 Å². The second kappa shape index (κ2) is 9.97. The number of nitrogens with one attached hydrogen (secondary N) is 1. The highest BCUT2D eigenvalue weighted by atomic mass is 32.2. The van der Waals surface area contributed by atoms with E-state index >= 15 is 0 Å². The predicted molar refractivity (Wildman–Crippen MR) is 108 cm³/mol. The number of halogens is 1. The topological polar surface area (TPSA) is 79.0 Å². The maximum Gasteiger partial charge on any atom is 0.242 e. The van der Waals surface area contributed by atoms with Crippen LogP contribution in [0.3, 0.4) is 0 Å². The number of morpholine rings is 1. The van der Waals surface area contributed by atoms with Gasteiger partial charge in [0.25, 0.3) is 0 Å². The summed E-state index contributed by atoms with van der Waals surface area (Å²) < 4.78 is 45.3. The van der Waals surface area contributed by atoms with Crippen molar-refractivity contribution in [3.63, 3.8) is 0 Å². The Kier molecular flexibility index (Phi) is 7.61. The number of nitrogens with zero attached hydrogens (tertiary/aromatic N) is 2. The predicted octanol–water partition coefficient (Wildman–Crippen LogP) is 1.38. The van der Waals surface area contributed by atoms with E-state index in [1.807, 2.05) is 4.90 Å². The van der Waals surface area contributed by atoms with Crippen LogP contribution in [0, 0.1) is 11.7 Å². The van der Waals surface area contributed by atoms with Crippen molar-refractivity contribution in [1.82, 2.24) is 14.5 Å². The number of sulfonamides is 1. The van der Waals surface area contributed by atoms with E-state index in [0.29, 0.717) is 64.3 Å². The van der Waals surface area contributed by atoms with Crippen molar-refractivity contribution in [2.75, 3.05) is 51.7 Å². The third kappa shape index (κ3) is 5.53. The van der Waals surface area contributed by atoms with Crippen LogP contribution in [0.15, 0.2) is 24.3 Å². The zero-order valence-electron chi connectivity index (χ0n) is 16.8. The minimum absolute atomic E-state index is 0.109. The van der Waals surface area contributed by atoms with Gasteiger partial charge in [-0.05, 0) is 31.7 Å². The molecule has 162 valence electrons. The summed E-state index contributed by atoms with van der Waals surface area (Å²) in [6, 6.07) is 5.69. The molecule has 0 bridgehead atoms. The number of benzene rings is 1. The third-order valence-electron chi connectivity index (χ3n) is 5.76. The molecule has 29 heavy (non-hydrogen) atoms. The molecule has 0 saturated carbocycles. The molecule has 2 heterocycles. The lowest BCUT2D eigenvalue weighted by atomic mass is 9.97. The van der Waals surface area contributed by atoms with Crippen molar-refractivity contribution in [3.05, 3.63) is 35.6 Å². The smallest absolute Gasteiger partial charge is 0.242 e. The molecule has 1 atom stereocenters. The number of amides is 1. The van der Waals surface area contributed by atoms with Crippen molar-refractivity contribution in [2.45, 2.75) is 25.8 Å². The van der Waals surface area contributed by atoms with Crippen LogP contribution in [0.1, 0.15) is 31.4 Å². The van der Waals surface area contributed by atoms with Gasteiger partial charge in [0.15, 0.2) is 0 Å². The first-order valence-corrected chi connectivity index (χ1v) is 11.8. The van der Waals surface area contributed by atoms with E-state index in [4.69, 9.17) is 4.74 Å². The number of hydrogen-bond donors (Lipinski definition) is 1. The summed E-state index contributed by atoms with van der Waals surface area (Å²) in [6.07, 6.45) is 1.42. The lowest BCUT2D eigenvalue weighted by Gasteiger charge is -2.35. The molecule has 1 N–H and O–H groups in total. The first-order chi connectivity index (χ1) is 13.9. The van der Waals surface area contributed by atoms with E-state index < -0.39 is 21.9 Å². The Morgan fingerprint density at radius 2 is 1.86 bits per heavy atom. The SMILES string of the molecule is CCS(=O)(=O)N1CCC(CNC(=O)C(c2ccccc2F)N2CCOCC2)CC1. The first-order valence-electron chi connectivity index (χ1n) is 10.2. The number of hydrogen-bond acceptors (Lipinski definition) is 5. The molecular weight excluding hydrogens is 397 g/mol. The number of carbonyl (C=O) groups excluding carboxylic acids is 1. The molecule has 2 aliphatic rings. The van der Waals surface area contributed by atoms with Gasteiger partial charge in [-0.25, -0.2) is 17.1 Å². The number of carbonyl (C=O) groups is 1. The van der Waals surface area contributed by atoms with Crippen LogP contribution in [0.5, 0.6) is 0 Å². The normalized spacial score (nSPS) is 21.0. The second-order valence-electron chi connectivity index (χ2n) is 7.56. The zero-order valence-corrected chi connectivity index (χ0v) is 17.7. The summed E-state index contributed by atoms with van der Waals surface area (Å²) in [5, 5.41) is 2.99. The van der Waals surface area contributed by atoms with Crippen molar-refractivity contribution in [3.8, 4) is 0 Å². The Balaban J connectivity index is 1.61. The monoisotopic (exact) mass is 427 g/mol. The Hall–Kier alpha value is -1.55. The molecule has 1 amide bonds. The molecule has 2 aliphatic heterocycles. The van der Waals surface area contributed by atoms with Crippen LogP contribution in [0.25, 0.3) is 0 Å². The third-order valence-corrected chi connectivity index (χ3v) is 7.64. The average Bonchev–Trinajstić information content (AvgIpc) is 2.75. The maximum absolute atomic E-state index is 14.4. The van der Waals surface area contributed by atoms with E-state index in [-0.39, 0.29) is 17.6 Å². The van der Waals surface area contributed by atoms with Crippen molar-refractivity contribution in [1.29, 1.82) is 0 Å². The van der Waals surface area contributed by atoms with Gasteiger partial charge in [0.1, 0.15) is 11.9 Å². The maximum atomic E-state index is 14.4. The summed E-state index contributed by atoms with van der Waals surface area (Å²) >= 11 is 0. The van der Waals surface area contributed by atoms with Crippen LogP contribution in [0.2, 0.25) is 0 Å². The summed E-state index contributed by atoms with van der Waals surface area (Å²) in [4.78, 5) is 15.0. The van der Waals surface area contributed by atoms with Crippen LogP contribution in [-0.4, -0.2) is 75.2 Å². The number of piperidine rings is 1. The van der Waals surface area contributed by atoms with Gasteiger partial charge in [0.05, 0.1) is 19.0 Å². The molecule has 0 aliphatic carbocycles. The number of rotatable bonds is 7. The van der Waals surface area contributed by atoms with Crippen molar-refractivity contribution < 1.29 is 22.3 Å². The molecule has 1 aromatic rings. The molecule has 2 fully saturated rings. The lowest BCUT2D eigenvalue weighted by Crippen LogP contribution is -2.47. The highest BCUT2D eigenvalue weighted by Crippen LogP contribution is 2.25. The molecule has 0 aromatic heterocycles. The fourth-order valence-electron chi connectivity index (χ4n) is 3.95. The minimum Gasteiger partial charge on any atom is -0.379 e. The molecule has 1 aromatic carbocycles. The molecule has 1 unspecified atom stereocenters. The fraction of sp³-hybridized carbons (Fsp3) is 0.650. The second-order valence-corrected chi connectivity index (χ2v) is 9.82. The van der Waals surface area contributed by atoms with Gasteiger partial charge in [-0.15, -0.1) is 0 Å². The van der Waals surface area contributed by atoms with Crippen LogP contribution in [-0.2, 0) is 19.6 Å². The average molecular weight is 428 g/mol. The summed E-state index contributed by atoms with van der Waals surface area (Å²) in [5.41, 5.74) is 0.371. The van der Waals surface area contributed by atoms with E-state index in [0.717, 1.165) is 0 Å². The fourth-order valence-corrected chi connectivity index (χ4v) is 5.08. The van der Waals surface area contributed by atoms with Crippen LogP contribution < -0.4 is 5.32 Å². The van der Waals surface area contributed by atoms with Crippen LogP contribution >= 0.6 is 0 Å². The Bertz CT molecular complexity index is 791.